The van der Waals surface area contributed by atoms with E-state index in [1.54, 1.807) is 0 Å². The Balaban J connectivity index is 1.94. The van der Waals surface area contributed by atoms with Crippen LogP contribution in [-0.4, -0.2) is 47.6 Å². The predicted molar refractivity (Wildman–Crippen MR) is 62.5 cm³/mol. The number of nitrogens with zero attached hydrogens (tertiary/aromatic N) is 1. The first-order valence-corrected chi connectivity index (χ1v) is 6.33. The number of nitrogens with one attached hydrogen (secondary N) is 1. The third kappa shape index (κ3) is 2.60. The van der Waals surface area contributed by atoms with E-state index in [-0.39, 0.29) is 23.8 Å². The van der Waals surface area contributed by atoms with E-state index in [2.05, 4.69) is 5.32 Å². The fraction of sp³-hybridized carbons (Fsp3) is 0.833. The van der Waals surface area contributed by atoms with Gasteiger partial charge in [-0.15, -0.1) is 0 Å². The highest BCUT2D eigenvalue weighted by molar-refractivity contribution is 5.80. The van der Waals surface area contributed by atoms with Gasteiger partial charge in [-0.2, -0.15) is 0 Å². The molecule has 2 saturated heterocycles. The van der Waals surface area contributed by atoms with Crippen molar-refractivity contribution >= 4 is 11.9 Å². The summed E-state index contributed by atoms with van der Waals surface area (Å²) in [5, 5.41) is 12.2. The molecular weight excluding hydrogens is 220 g/mol. The van der Waals surface area contributed by atoms with Crippen molar-refractivity contribution in [1.82, 2.24) is 10.2 Å². The fourth-order valence-corrected chi connectivity index (χ4v) is 2.82. The van der Waals surface area contributed by atoms with Gasteiger partial charge in [-0.25, -0.2) is 0 Å². The first-order chi connectivity index (χ1) is 8.09. The van der Waals surface area contributed by atoms with Crippen molar-refractivity contribution in [1.29, 1.82) is 0 Å². The largest absolute Gasteiger partial charge is 0.481 e. The number of carboxylic acid groups (broad SMARTS) is 1. The van der Waals surface area contributed by atoms with Gasteiger partial charge < -0.3 is 15.3 Å². The molecule has 2 N–H and O–H groups in total. The normalized spacial score (nSPS) is 33.7. The zero-order chi connectivity index (χ0) is 12.4. The number of amides is 1. The minimum absolute atomic E-state index is 0.0537. The molecule has 5 nitrogen and oxygen atoms in total. The van der Waals surface area contributed by atoms with Crippen LogP contribution in [-0.2, 0) is 9.59 Å². The molecule has 0 radical (unpaired) electrons. The predicted octanol–water partition coefficient (Wildman–Crippen LogP) is 0.308. The van der Waals surface area contributed by atoms with Crippen LogP contribution in [0.4, 0.5) is 0 Å². The lowest BCUT2D eigenvalue weighted by atomic mass is 9.90. The van der Waals surface area contributed by atoms with Crippen LogP contribution in [0.15, 0.2) is 0 Å². The van der Waals surface area contributed by atoms with Crippen molar-refractivity contribution in [2.24, 2.45) is 11.8 Å². The third-order valence-corrected chi connectivity index (χ3v) is 3.92. The Morgan fingerprint density at radius 3 is 2.59 bits per heavy atom. The van der Waals surface area contributed by atoms with E-state index in [4.69, 9.17) is 5.11 Å². The lowest BCUT2D eigenvalue weighted by Gasteiger charge is -2.37. The maximum absolute atomic E-state index is 12.2. The summed E-state index contributed by atoms with van der Waals surface area (Å²) in [4.78, 5) is 25.0. The van der Waals surface area contributed by atoms with E-state index in [9.17, 15) is 9.59 Å². The van der Waals surface area contributed by atoms with E-state index in [0.29, 0.717) is 19.4 Å². The van der Waals surface area contributed by atoms with Gasteiger partial charge >= 0.3 is 5.97 Å². The smallest absolute Gasteiger partial charge is 0.306 e. The van der Waals surface area contributed by atoms with Crippen molar-refractivity contribution in [3.63, 3.8) is 0 Å². The molecule has 0 aromatic heterocycles. The first kappa shape index (κ1) is 12.4. The number of hydrogen-bond donors (Lipinski definition) is 2. The zero-order valence-electron chi connectivity index (χ0n) is 10.2. The Morgan fingerprint density at radius 1 is 1.29 bits per heavy atom. The summed E-state index contributed by atoms with van der Waals surface area (Å²) in [7, 11) is 0. The fourth-order valence-electron chi connectivity index (χ4n) is 2.82. The van der Waals surface area contributed by atoms with Gasteiger partial charge in [0.05, 0.1) is 11.8 Å². The molecule has 0 aromatic carbocycles. The summed E-state index contributed by atoms with van der Waals surface area (Å²) in [6, 6.07) is 0.0537. The van der Waals surface area contributed by atoms with Gasteiger partial charge in [0.25, 0.3) is 0 Å². The van der Waals surface area contributed by atoms with Gasteiger partial charge in [-0.05, 0) is 32.7 Å². The van der Waals surface area contributed by atoms with Crippen LogP contribution in [0.3, 0.4) is 0 Å². The molecule has 2 aliphatic heterocycles. The molecule has 17 heavy (non-hydrogen) atoms. The number of carbonyl (C=O) groups is 2. The van der Waals surface area contributed by atoms with Crippen LogP contribution in [0, 0.1) is 11.8 Å². The van der Waals surface area contributed by atoms with E-state index >= 15 is 0 Å². The number of likely N-dealkylation sites (tertiary alicyclic amines) is 1. The van der Waals surface area contributed by atoms with E-state index in [0.717, 1.165) is 19.5 Å². The number of carboxylic acids is 1. The van der Waals surface area contributed by atoms with Gasteiger partial charge in [0.2, 0.25) is 5.91 Å². The Morgan fingerprint density at radius 2 is 2.06 bits per heavy atom. The van der Waals surface area contributed by atoms with Crippen molar-refractivity contribution in [3.8, 4) is 0 Å². The van der Waals surface area contributed by atoms with Crippen LogP contribution >= 0.6 is 0 Å². The van der Waals surface area contributed by atoms with Gasteiger partial charge in [0, 0.05) is 19.1 Å². The number of piperidine rings is 1. The van der Waals surface area contributed by atoms with Crippen molar-refractivity contribution in [2.45, 2.75) is 32.2 Å². The average Bonchev–Trinajstić information content (AvgIpc) is 2.81. The zero-order valence-corrected chi connectivity index (χ0v) is 10.2. The van der Waals surface area contributed by atoms with Crippen LogP contribution in [0.2, 0.25) is 0 Å². The Kier molecular flexibility index (Phi) is 3.66. The highest BCUT2D eigenvalue weighted by Crippen LogP contribution is 2.25. The van der Waals surface area contributed by atoms with E-state index < -0.39 is 5.97 Å². The van der Waals surface area contributed by atoms with Crippen LogP contribution < -0.4 is 5.32 Å². The van der Waals surface area contributed by atoms with Crippen LogP contribution in [0.5, 0.6) is 0 Å². The second-order valence-electron chi connectivity index (χ2n) is 5.13. The SMILES string of the molecule is CC1CC(C(=O)O)CCN1C(=O)C1CCNC1. The molecule has 2 fully saturated rings. The van der Waals surface area contributed by atoms with Gasteiger partial charge in [-0.1, -0.05) is 0 Å². The second kappa shape index (κ2) is 5.04. The summed E-state index contributed by atoms with van der Waals surface area (Å²) in [6.07, 6.45) is 2.08. The number of carbonyl (C=O) groups excluding carboxylic acids is 1. The molecular formula is C12H20N2O3. The maximum Gasteiger partial charge on any atom is 0.306 e. The topological polar surface area (TPSA) is 69.6 Å². The molecule has 0 saturated carbocycles. The molecule has 3 unspecified atom stereocenters. The van der Waals surface area contributed by atoms with Crippen LogP contribution in [0.25, 0.3) is 0 Å². The van der Waals surface area contributed by atoms with Crippen LogP contribution in [0.1, 0.15) is 26.2 Å². The molecule has 1 amide bonds. The lowest BCUT2D eigenvalue weighted by molar-refractivity contribution is -0.148. The average molecular weight is 240 g/mol. The molecule has 0 aromatic rings. The molecule has 2 aliphatic rings. The maximum atomic E-state index is 12.2. The molecule has 96 valence electrons. The number of rotatable bonds is 2. The Hall–Kier alpha value is -1.10. The van der Waals surface area contributed by atoms with Crippen molar-refractivity contribution in [3.05, 3.63) is 0 Å². The Bertz CT molecular complexity index is 313. The quantitative estimate of drug-likeness (QED) is 0.728. The van der Waals surface area contributed by atoms with Crippen molar-refractivity contribution < 1.29 is 14.7 Å². The summed E-state index contributed by atoms with van der Waals surface area (Å²) < 4.78 is 0. The minimum atomic E-state index is -0.730. The van der Waals surface area contributed by atoms with Crippen molar-refractivity contribution in [2.75, 3.05) is 19.6 Å². The molecule has 2 heterocycles. The molecule has 5 heteroatoms. The standard InChI is InChI=1S/C12H20N2O3/c1-8-6-9(12(16)17)3-5-14(8)11(15)10-2-4-13-7-10/h8-10,13H,2-7H2,1H3,(H,16,17). The van der Waals surface area contributed by atoms with E-state index in [1.165, 1.54) is 0 Å². The monoisotopic (exact) mass is 240 g/mol. The summed E-state index contributed by atoms with van der Waals surface area (Å²) in [5.41, 5.74) is 0. The van der Waals surface area contributed by atoms with E-state index in [1.807, 2.05) is 11.8 Å². The molecule has 2 rings (SSSR count). The summed E-state index contributed by atoms with van der Waals surface area (Å²) >= 11 is 0. The summed E-state index contributed by atoms with van der Waals surface area (Å²) in [6.45, 7) is 4.23. The highest BCUT2D eigenvalue weighted by Gasteiger charge is 2.35. The molecule has 0 bridgehead atoms. The first-order valence-electron chi connectivity index (χ1n) is 6.33. The molecule has 0 spiro atoms. The third-order valence-electron chi connectivity index (χ3n) is 3.92. The molecule has 3 atom stereocenters. The number of hydrogen-bond acceptors (Lipinski definition) is 3. The highest BCUT2D eigenvalue weighted by atomic mass is 16.4. The second-order valence-corrected chi connectivity index (χ2v) is 5.13. The lowest BCUT2D eigenvalue weighted by Crippen LogP contribution is -2.48. The minimum Gasteiger partial charge on any atom is -0.481 e. The van der Waals surface area contributed by atoms with Gasteiger partial charge in [-0.3, -0.25) is 9.59 Å². The summed E-state index contributed by atoms with van der Waals surface area (Å²) in [5.74, 6) is -0.715. The molecule has 0 aliphatic carbocycles. The van der Waals surface area contributed by atoms with Gasteiger partial charge in [0.15, 0.2) is 0 Å². The number of aliphatic carboxylic acids is 1. The Labute approximate surface area is 101 Å². The van der Waals surface area contributed by atoms with Gasteiger partial charge in [0.1, 0.15) is 0 Å².